The molecule has 18 heavy (non-hydrogen) atoms. The summed E-state index contributed by atoms with van der Waals surface area (Å²) in [5.74, 6) is 0.532. The minimum Gasteiger partial charge on any atom is -0.496 e. The van der Waals surface area contributed by atoms with E-state index < -0.39 is 0 Å². The summed E-state index contributed by atoms with van der Waals surface area (Å²) in [4.78, 5) is 0. The number of methoxy groups -OCH3 is 1. The summed E-state index contributed by atoms with van der Waals surface area (Å²) < 4.78 is 18.4. The first kappa shape index (κ1) is 13.3. The summed E-state index contributed by atoms with van der Waals surface area (Å²) in [5, 5.41) is 3.40. The number of nitrogens with one attached hydrogen (secondary N) is 1. The number of benzene rings is 1. The molecule has 0 heterocycles. The van der Waals surface area contributed by atoms with Crippen LogP contribution in [-0.4, -0.2) is 26.7 Å². The van der Waals surface area contributed by atoms with Crippen molar-refractivity contribution in [3.8, 4) is 5.75 Å². The molecular formula is C14H21FN2O. The molecule has 1 aliphatic rings. The Morgan fingerprint density at radius 1 is 1.44 bits per heavy atom. The molecule has 3 N–H and O–H groups in total. The van der Waals surface area contributed by atoms with Gasteiger partial charge in [0.05, 0.1) is 7.11 Å². The standard InChI is InChI=1S/C14H21FN2O/c1-18-13-3-2-12(15)8-11(13)4-7-17-10-14(9-16)5-6-14/h2-3,8,17H,4-7,9-10,16H2,1H3. The zero-order valence-electron chi connectivity index (χ0n) is 10.8. The van der Waals surface area contributed by atoms with Gasteiger partial charge in [-0.15, -0.1) is 0 Å². The van der Waals surface area contributed by atoms with Crippen LogP contribution < -0.4 is 15.8 Å². The minimum absolute atomic E-state index is 0.216. The molecule has 2 rings (SSSR count). The van der Waals surface area contributed by atoms with Crippen LogP contribution in [0.15, 0.2) is 18.2 Å². The third-order valence-corrected chi connectivity index (χ3v) is 3.70. The molecule has 3 nitrogen and oxygen atoms in total. The van der Waals surface area contributed by atoms with E-state index in [2.05, 4.69) is 5.32 Å². The average molecular weight is 252 g/mol. The molecule has 0 saturated heterocycles. The lowest BCUT2D eigenvalue weighted by Gasteiger charge is -2.14. The van der Waals surface area contributed by atoms with Crippen LogP contribution in [-0.2, 0) is 6.42 Å². The topological polar surface area (TPSA) is 47.3 Å². The normalized spacial score (nSPS) is 16.6. The van der Waals surface area contributed by atoms with Crippen molar-refractivity contribution in [3.05, 3.63) is 29.6 Å². The Bertz CT molecular complexity index is 405. The van der Waals surface area contributed by atoms with Crippen molar-refractivity contribution >= 4 is 0 Å². The molecule has 1 saturated carbocycles. The largest absolute Gasteiger partial charge is 0.496 e. The number of rotatable bonds is 7. The van der Waals surface area contributed by atoms with Crippen LogP contribution in [0.2, 0.25) is 0 Å². The summed E-state index contributed by atoms with van der Waals surface area (Å²) in [6.07, 6.45) is 3.21. The Labute approximate surface area is 108 Å². The van der Waals surface area contributed by atoms with E-state index in [1.807, 2.05) is 0 Å². The zero-order chi connectivity index (χ0) is 13.0. The molecule has 0 aliphatic heterocycles. The SMILES string of the molecule is COc1ccc(F)cc1CCNCC1(CN)CC1. The summed E-state index contributed by atoms with van der Waals surface area (Å²) in [6.45, 7) is 2.53. The van der Waals surface area contributed by atoms with Crippen molar-refractivity contribution in [2.75, 3.05) is 26.7 Å². The second-order valence-electron chi connectivity index (χ2n) is 5.09. The summed E-state index contributed by atoms with van der Waals surface area (Å²) in [6, 6.07) is 4.63. The molecular weight excluding hydrogens is 231 g/mol. The van der Waals surface area contributed by atoms with E-state index in [1.54, 1.807) is 13.2 Å². The number of hydrogen-bond acceptors (Lipinski definition) is 3. The molecule has 1 aromatic carbocycles. The van der Waals surface area contributed by atoms with E-state index in [1.165, 1.54) is 25.0 Å². The third-order valence-electron chi connectivity index (χ3n) is 3.70. The van der Waals surface area contributed by atoms with Gasteiger partial charge in [0.1, 0.15) is 11.6 Å². The molecule has 1 aromatic rings. The molecule has 0 spiro atoms. The van der Waals surface area contributed by atoms with Gasteiger partial charge in [-0.05, 0) is 61.5 Å². The maximum absolute atomic E-state index is 13.2. The number of nitrogens with two attached hydrogens (primary N) is 1. The smallest absolute Gasteiger partial charge is 0.123 e. The van der Waals surface area contributed by atoms with Gasteiger partial charge in [-0.25, -0.2) is 4.39 Å². The highest BCUT2D eigenvalue weighted by molar-refractivity contribution is 5.34. The second-order valence-corrected chi connectivity index (χ2v) is 5.09. The van der Waals surface area contributed by atoms with Crippen molar-refractivity contribution in [3.63, 3.8) is 0 Å². The van der Waals surface area contributed by atoms with Crippen molar-refractivity contribution < 1.29 is 9.13 Å². The fraction of sp³-hybridized carbons (Fsp3) is 0.571. The predicted molar refractivity (Wildman–Crippen MR) is 70.2 cm³/mol. The summed E-state index contributed by atoms with van der Waals surface area (Å²) in [5.41, 5.74) is 6.96. The number of hydrogen-bond donors (Lipinski definition) is 2. The molecule has 0 radical (unpaired) electrons. The van der Waals surface area contributed by atoms with E-state index in [0.717, 1.165) is 37.4 Å². The first-order valence-corrected chi connectivity index (χ1v) is 6.42. The maximum Gasteiger partial charge on any atom is 0.123 e. The van der Waals surface area contributed by atoms with Gasteiger partial charge in [0.2, 0.25) is 0 Å². The fourth-order valence-corrected chi connectivity index (χ4v) is 2.15. The predicted octanol–water partition coefficient (Wildman–Crippen LogP) is 1.71. The van der Waals surface area contributed by atoms with E-state index in [0.29, 0.717) is 5.41 Å². The quantitative estimate of drug-likeness (QED) is 0.726. The van der Waals surface area contributed by atoms with Gasteiger partial charge in [-0.2, -0.15) is 0 Å². The summed E-state index contributed by atoms with van der Waals surface area (Å²) >= 11 is 0. The Kier molecular flexibility index (Phi) is 4.19. The highest BCUT2D eigenvalue weighted by Crippen LogP contribution is 2.43. The molecule has 0 bridgehead atoms. The number of ether oxygens (including phenoxy) is 1. The first-order chi connectivity index (χ1) is 8.69. The van der Waals surface area contributed by atoms with Gasteiger partial charge in [0, 0.05) is 6.54 Å². The molecule has 0 aromatic heterocycles. The minimum atomic E-state index is -0.216. The van der Waals surface area contributed by atoms with Crippen LogP contribution in [0, 0.1) is 11.2 Å². The molecule has 4 heteroatoms. The van der Waals surface area contributed by atoms with Crippen molar-refractivity contribution in [1.29, 1.82) is 0 Å². The Hall–Kier alpha value is -1.13. The van der Waals surface area contributed by atoms with Crippen LogP contribution in [0.5, 0.6) is 5.75 Å². The lowest BCUT2D eigenvalue weighted by molar-refractivity contribution is 0.406. The molecule has 100 valence electrons. The Balaban J connectivity index is 1.80. The van der Waals surface area contributed by atoms with Gasteiger partial charge < -0.3 is 15.8 Å². The van der Waals surface area contributed by atoms with E-state index >= 15 is 0 Å². The highest BCUT2D eigenvalue weighted by Gasteiger charge is 2.40. The fourth-order valence-electron chi connectivity index (χ4n) is 2.15. The average Bonchev–Trinajstić information content (AvgIpc) is 3.16. The van der Waals surface area contributed by atoms with Crippen LogP contribution >= 0.6 is 0 Å². The van der Waals surface area contributed by atoms with Gasteiger partial charge in [0.15, 0.2) is 0 Å². The maximum atomic E-state index is 13.2. The van der Waals surface area contributed by atoms with Gasteiger partial charge in [-0.1, -0.05) is 0 Å². The van der Waals surface area contributed by atoms with Crippen molar-refractivity contribution in [2.24, 2.45) is 11.1 Å². The molecule has 0 unspecified atom stereocenters. The number of halogens is 1. The molecule has 0 amide bonds. The second kappa shape index (κ2) is 5.67. The van der Waals surface area contributed by atoms with Crippen LogP contribution in [0.25, 0.3) is 0 Å². The van der Waals surface area contributed by atoms with Crippen LogP contribution in [0.4, 0.5) is 4.39 Å². The van der Waals surface area contributed by atoms with Crippen molar-refractivity contribution in [1.82, 2.24) is 5.32 Å². The third kappa shape index (κ3) is 3.21. The lowest BCUT2D eigenvalue weighted by Crippen LogP contribution is -2.30. The monoisotopic (exact) mass is 252 g/mol. The lowest BCUT2D eigenvalue weighted by atomic mass is 10.1. The molecule has 1 fully saturated rings. The van der Waals surface area contributed by atoms with E-state index in [9.17, 15) is 4.39 Å². The molecule has 1 aliphatic carbocycles. The summed E-state index contributed by atoms with van der Waals surface area (Å²) in [7, 11) is 1.61. The molecule has 0 atom stereocenters. The van der Waals surface area contributed by atoms with Gasteiger partial charge in [-0.3, -0.25) is 0 Å². The highest BCUT2D eigenvalue weighted by atomic mass is 19.1. The van der Waals surface area contributed by atoms with E-state index in [4.69, 9.17) is 10.5 Å². The van der Waals surface area contributed by atoms with Gasteiger partial charge in [0.25, 0.3) is 0 Å². The van der Waals surface area contributed by atoms with Crippen molar-refractivity contribution in [2.45, 2.75) is 19.3 Å². The Morgan fingerprint density at radius 2 is 2.22 bits per heavy atom. The Morgan fingerprint density at radius 3 is 2.83 bits per heavy atom. The van der Waals surface area contributed by atoms with Gasteiger partial charge >= 0.3 is 0 Å². The zero-order valence-corrected chi connectivity index (χ0v) is 10.8. The van der Waals surface area contributed by atoms with Crippen LogP contribution in [0.1, 0.15) is 18.4 Å². The van der Waals surface area contributed by atoms with E-state index in [-0.39, 0.29) is 5.82 Å². The first-order valence-electron chi connectivity index (χ1n) is 6.42. The van der Waals surface area contributed by atoms with Crippen LogP contribution in [0.3, 0.4) is 0 Å².